The minimum atomic E-state index is -0.462. The average molecular weight is 309 g/mol. The predicted octanol–water partition coefficient (Wildman–Crippen LogP) is 4.32. The molecule has 3 heteroatoms. The fourth-order valence-electron chi connectivity index (χ4n) is 3.26. The van der Waals surface area contributed by atoms with Gasteiger partial charge in [0, 0.05) is 11.3 Å². The summed E-state index contributed by atoms with van der Waals surface area (Å²) in [5.41, 5.74) is 2.66. The molecule has 2 aromatic carbocycles. The Morgan fingerprint density at radius 2 is 1.83 bits per heavy atom. The van der Waals surface area contributed by atoms with Crippen molar-refractivity contribution in [3.63, 3.8) is 0 Å². The monoisotopic (exact) mass is 309 g/mol. The lowest BCUT2D eigenvalue weighted by Gasteiger charge is -2.41. The maximum absolute atomic E-state index is 13.0. The fourth-order valence-corrected chi connectivity index (χ4v) is 3.26. The second-order valence-electron chi connectivity index (χ2n) is 6.14. The molecule has 120 valence electrons. The lowest BCUT2D eigenvalue weighted by Crippen LogP contribution is -2.46. The van der Waals surface area contributed by atoms with Crippen LogP contribution in [0.4, 0.5) is 5.69 Å². The van der Waals surface area contributed by atoms with Gasteiger partial charge < -0.3 is 10.1 Å². The molecule has 1 N–H and O–H groups in total. The molecule has 1 amide bonds. The second-order valence-corrected chi connectivity index (χ2v) is 6.14. The van der Waals surface area contributed by atoms with Crippen LogP contribution >= 0.6 is 0 Å². The molecule has 1 saturated carbocycles. The molecule has 0 aliphatic heterocycles. The van der Waals surface area contributed by atoms with Crippen molar-refractivity contribution in [1.82, 2.24) is 0 Å². The minimum absolute atomic E-state index is 0.0671. The van der Waals surface area contributed by atoms with Crippen molar-refractivity contribution < 1.29 is 9.53 Å². The van der Waals surface area contributed by atoms with Gasteiger partial charge in [-0.25, -0.2) is 0 Å². The van der Waals surface area contributed by atoms with Crippen LogP contribution < -0.4 is 10.1 Å². The smallest absolute Gasteiger partial charge is 0.235 e. The highest BCUT2D eigenvalue weighted by molar-refractivity contribution is 6.00. The van der Waals surface area contributed by atoms with E-state index in [1.54, 1.807) is 7.11 Å². The van der Waals surface area contributed by atoms with Crippen molar-refractivity contribution >= 4 is 11.6 Å². The van der Waals surface area contributed by atoms with E-state index in [1.165, 1.54) is 5.56 Å². The van der Waals surface area contributed by atoms with Crippen molar-refractivity contribution in [2.75, 3.05) is 12.4 Å². The zero-order valence-electron chi connectivity index (χ0n) is 13.8. The van der Waals surface area contributed by atoms with Gasteiger partial charge in [-0.15, -0.1) is 0 Å². The number of benzene rings is 2. The first-order chi connectivity index (χ1) is 11.2. The van der Waals surface area contributed by atoms with Crippen LogP contribution in [0.15, 0.2) is 48.5 Å². The Morgan fingerprint density at radius 1 is 1.13 bits per heavy atom. The molecule has 0 aromatic heterocycles. The van der Waals surface area contributed by atoms with E-state index < -0.39 is 5.41 Å². The van der Waals surface area contributed by atoms with Crippen molar-refractivity contribution in [3.05, 3.63) is 59.7 Å². The van der Waals surface area contributed by atoms with Crippen LogP contribution in [0.5, 0.6) is 5.75 Å². The summed E-state index contributed by atoms with van der Waals surface area (Å²) in [6, 6.07) is 15.9. The highest BCUT2D eigenvalue weighted by Crippen LogP contribution is 2.47. The number of carbonyl (C=O) groups is 1. The lowest BCUT2D eigenvalue weighted by molar-refractivity contribution is -0.124. The van der Waals surface area contributed by atoms with E-state index in [9.17, 15) is 4.79 Å². The molecular formula is C20H23NO2. The van der Waals surface area contributed by atoms with Gasteiger partial charge >= 0.3 is 0 Å². The average Bonchev–Trinajstić information content (AvgIpc) is 2.55. The Kier molecular flexibility index (Phi) is 4.37. The number of carbonyl (C=O) groups excluding carboxylic acids is 1. The maximum Gasteiger partial charge on any atom is 0.235 e. The van der Waals surface area contributed by atoms with Crippen LogP contribution in [0.3, 0.4) is 0 Å². The third kappa shape index (κ3) is 2.83. The van der Waals surface area contributed by atoms with Crippen LogP contribution in [0.1, 0.15) is 37.3 Å². The second kappa shape index (κ2) is 6.45. The van der Waals surface area contributed by atoms with Crippen LogP contribution in [-0.2, 0) is 16.6 Å². The number of amides is 1. The van der Waals surface area contributed by atoms with Gasteiger partial charge in [0.25, 0.3) is 0 Å². The van der Waals surface area contributed by atoms with Gasteiger partial charge in [0.1, 0.15) is 5.75 Å². The van der Waals surface area contributed by atoms with Crippen molar-refractivity contribution in [2.45, 2.75) is 38.0 Å². The van der Waals surface area contributed by atoms with Gasteiger partial charge in [0.05, 0.1) is 12.5 Å². The Balaban J connectivity index is 1.86. The minimum Gasteiger partial charge on any atom is -0.496 e. The number of anilines is 1. The largest absolute Gasteiger partial charge is 0.496 e. The summed E-state index contributed by atoms with van der Waals surface area (Å²) in [5, 5.41) is 3.09. The van der Waals surface area contributed by atoms with Gasteiger partial charge in [-0.05, 0) is 43.0 Å². The molecular weight excluding hydrogens is 286 g/mol. The van der Waals surface area contributed by atoms with Gasteiger partial charge in [-0.2, -0.15) is 0 Å². The number of aryl methyl sites for hydroxylation is 1. The maximum atomic E-state index is 13.0. The summed E-state index contributed by atoms with van der Waals surface area (Å²) in [4.78, 5) is 13.0. The lowest BCUT2D eigenvalue weighted by atomic mass is 9.63. The first kappa shape index (κ1) is 15.6. The van der Waals surface area contributed by atoms with Crippen molar-refractivity contribution in [2.24, 2.45) is 0 Å². The molecule has 0 heterocycles. The van der Waals surface area contributed by atoms with E-state index in [0.717, 1.165) is 42.7 Å². The molecule has 1 aliphatic rings. The first-order valence-electron chi connectivity index (χ1n) is 8.23. The van der Waals surface area contributed by atoms with E-state index >= 15 is 0 Å². The van der Waals surface area contributed by atoms with Crippen LogP contribution in [0.2, 0.25) is 0 Å². The van der Waals surface area contributed by atoms with E-state index in [4.69, 9.17) is 4.74 Å². The SMILES string of the molecule is CCc1ccc(NC(=O)C2(c3ccccc3OC)CCC2)cc1. The molecule has 3 rings (SSSR count). The first-order valence-corrected chi connectivity index (χ1v) is 8.23. The molecule has 23 heavy (non-hydrogen) atoms. The summed E-state index contributed by atoms with van der Waals surface area (Å²) >= 11 is 0. The zero-order chi connectivity index (χ0) is 16.3. The Bertz CT molecular complexity index is 687. The van der Waals surface area contributed by atoms with E-state index in [-0.39, 0.29) is 5.91 Å². The van der Waals surface area contributed by atoms with Crippen molar-refractivity contribution in [3.8, 4) is 5.75 Å². The molecule has 0 atom stereocenters. The van der Waals surface area contributed by atoms with Crippen LogP contribution in [-0.4, -0.2) is 13.0 Å². The summed E-state index contributed by atoms with van der Waals surface area (Å²) in [6.07, 6.45) is 3.80. The quantitative estimate of drug-likeness (QED) is 0.893. The Morgan fingerprint density at radius 3 is 2.39 bits per heavy atom. The molecule has 0 bridgehead atoms. The number of hydrogen-bond donors (Lipinski definition) is 1. The number of nitrogens with one attached hydrogen (secondary N) is 1. The normalized spacial score (nSPS) is 15.6. The molecule has 1 fully saturated rings. The topological polar surface area (TPSA) is 38.3 Å². The molecule has 1 aliphatic carbocycles. The zero-order valence-corrected chi connectivity index (χ0v) is 13.8. The number of ether oxygens (including phenoxy) is 1. The molecule has 3 nitrogen and oxygen atoms in total. The number of para-hydroxylation sites is 1. The van der Waals surface area contributed by atoms with Crippen LogP contribution in [0, 0.1) is 0 Å². The number of methoxy groups -OCH3 is 1. The van der Waals surface area contributed by atoms with E-state index in [0.29, 0.717) is 0 Å². The molecule has 0 saturated heterocycles. The van der Waals surface area contributed by atoms with Gasteiger partial charge in [-0.3, -0.25) is 4.79 Å². The van der Waals surface area contributed by atoms with E-state index in [2.05, 4.69) is 24.4 Å². The van der Waals surface area contributed by atoms with Gasteiger partial charge in [-0.1, -0.05) is 43.7 Å². The fraction of sp³-hybridized carbons (Fsp3) is 0.350. The summed E-state index contributed by atoms with van der Waals surface area (Å²) < 4.78 is 5.48. The molecule has 2 aromatic rings. The predicted molar refractivity (Wildman–Crippen MR) is 93.0 cm³/mol. The Labute approximate surface area is 137 Å². The third-order valence-corrected chi connectivity index (χ3v) is 4.88. The Hall–Kier alpha value is -2.29. The van der Waals surface area contributed by atoms with E-state index in [1.807, 2.05) is 36.4 Å². The number of hydrogen-bond acceptors (Lipinski definition) is 2. The molecule has 0 radical (unpaired) electrons. The van der Waals surface area contributed by atoms with Gasteiger partial charge in [0.15, 0.2) is 0 Å². The molecule has 0 unspecified atom stereocenters. The number of rotatable bonds is 5. The molecule has 0 spiro atoms. The third-order valence-electron chi connectivity index (χ3n) is 4.88. The highest BCUT2D eigenvalue weighted by Gasteiger charge is 2.47. The summed E-state index contributed by atoms with van der Waals surface area (Å²) in [7, 11) is 1.66. The highest BCUT2D eigenvalue weighted by atomic mass is 16.5. The van der Waals surface area contributed by atoms with Gasteiger partial charge in [0.2, 0.25) is 5.91 Å². The van der Waals surface area contributed by atoms with Crippen molar-refractivity contribution in [1.29, 1.82) is 0 Å². The van der Waals surface area contributed by atoms with Crippen LogP contribution in [0.25, 0.3) is 0 Å². The summed E-state index contributed by atoms with van der Waals surface area (Å²) in [6.45, 7) is 2.12. The standard InChI is InChI=1S/C20H23NO2/c1-3-15-9-11-16(12-10-15)21-19(22)20(13-6-14-20)17-7-4-5-8-18(17)23-2/h4-5,7-12H,3,6,13-14H2,1-2H3,(H,21,22). The summed E-state index contributed by atoms with van der Waals surface area (Å²) in [5.74, 6) is 0.862.